The zero-order chi connectivity index (χ0) is 23.4. The molecule has 0 heterocycles. The SMILES string of the molecule is COC(=O)COc1ccc(SCc2ccc(-c3ccc(C(F)(F)F)cc3)cc2)c2c1CCC2. The third kappa shape index (κ3) is 5.53. The van der Waals surface area contributed by atoms with Crippen molar-refractivity contribution >= 4 is 17.7 Å². The van der Waals surface area contributed by atoms with Crippen LogP contribution in [-0.4, -0.2) is 19.7 Å². The Labute approximate surface area is 194 Å². The van der Waals surface area contributed by atoms with Crippen LogP contribution < -0.4 is 4.74 Å². The third-order valence-electron chi connectivity index (χ3n) is 5.67. The molecule has 0 saturated heterocycles. The van der Waals surface area contributed by atoms with E-state index >= 15 is 0 Å². The molecule has 1 aliphatic carbocycles. The molecule has 7 heteroatoms. The van der Waals surface area contributed by atoms with Crippen molar-refractivity contribution in [2.75, 3.05) is 13.7 Å². The summed E-state index contributed by atoms with van der Waals surface area (Å²) in [6.07, 6.45) is -1.35. The number of halogens is 3. The number of ether oxygens (including phenoxy) is 2. The monoisotopic (exact) mass is 472 g/mol. The van der Waals surface area contributed by atoms with Gasteiger partial charge < -0.3 is 9.47 Å². The molecule has 4 rings (SSSR count). The number of methoxy groups -OCH3 is 1. The number of alkyl halides is 3. The number of rotatable bonds is 7. The molecule has 0 fully saturated rings. The average Bonchev–Trinajstić information content (AvgIpc) is 3.32. The van der Waals surface area contributed by atoms with Crippen LogP contribution in [-0.2, 0) is 34.3 Å². The first-order chi connectivity index (χ1) is 15.8. The number of esters is 1. The molecule has 0 aromatic heterocycles. The average molecular weight is 473 g/mol. The number of benzene rings is 3. The highest BCUT2D eigenvalue weighted by Crippen LogP contribution is 2.39. The summed E-state index contributed by atoms with van der Waals surface area (Å²) in [6.45, 7) is -0.0965. The van der Waals surface area contributed by atoms with Crippen LogP contribution >= 0.6 is 11.8 Å². The Hall–Kier alpha value is -2.93. The van der Waals surface area contributed by atoms with Gasteiger partial charge in [-0.3, -0.25) is 0 Å². The van der Waals surface area contributed by atoms with Gasteiger partial charge in [0.25, 0.3) is 0 Å². The Morgan fingerprint density at radius 3 is 2.18 bits per heavy atom. The Morgan fingerprint density at radius 2 is 1.55 bits per heavy atom. The highest BCUT2D eigenvalue weighted by Gasteiger charge is 2.30. The normalized spacial score (nSPS) is 13.0. The van der Waals surface area contributed by atoms with Crippen molar-refractivity contribution in [3.8, 4) is 16.9 Å². The first-order valence-electron chi connectivity index (χ1n) is 10.6. The summed E-state index contributed by atoms with van der Waals surface area (Å²) in [7, 11) is 1.34. The number of carbonyl (C=O) groups is 1. The second-order valence-corrected chi connectivity index (χ2v) is 8.82. The number of hydrogen-bond donors (Lipinski definition) is 0. The summed E-state index contributed by atoms with van der Waals surface area (Å²) in [5.74, 6) is 1.13. The lowest BCUT2D eigenvalue weighted by molar-refractivity contribution is -0.143. The highest BCUT2D eigenvalue weighted by molar-refractivity contribution is 7.98. The molecule has 3 aromatic carbocycles. The van der Waals surface area contributed by atoms with Gasteiger partial charge in [0.15, 0.2) is 6.61 Å². The molecule has 0 aliphatic heterocycles. The second kappa shape index (κ2) is 9.91. The lowest BCUT2D eigenvalue weighted by Gasteiger charge is -2.14. The summed E-state index contributed by atoms with van der Waals surface area (Å²) in [5.41, 5.74) is 4.57. The van der Waals surface area contributed by atoms with Crippen LogP contribution in [0.3, 0.4) is 0 Å². The van der Waals surface area contributed by atoms with Gasteiger partial charge in [0, 0.05) is 10.6 Å². The van der Waals surface area contributed by atoms with Gasteiger partial charge in [0.2, 0.25) is 0 Å². The molecule has 3 aromatic rings. The number of carbonyl (C=O) groups excluding carboxylic acids is 1. The lowest BCUT2D eigenvalue weighted by Crippen LogP contribution is -2.13. The van der Waals surface area contributed by atoms with Crippen LogP contribution in [0.25, 0.3) is 11.1 Å². The Bertz CT molecular complexity index is 1120. The van der Waals surface area contributed by atoms with E-state index < -0.39 is 17.7 Å². The zero-order valence-corrected chi connectivity index (χ0v) is 18.9. The fourth-order valence-corrected chi connectivity index (χ4v) is 4.99. The van der Waals surface area contributed by atoms with E-state index in [9.17, 15) is 18.0 Å². The number of fused-ring (bicyclic) bond motifs is 1. The largest absolute Gasteiger partial charge is 0.482 e. The van der Waals surface area contributed by atoms with Gasteiger partial charge in [-0.25, -0.2) is 4.79 Å². The molecule has 0 N–H and O–H groups in total. The van der Waals surface area contributed by atoms with E-state index in [1.807, 2.05) is 36.4 Å². The van der Waals surface area contributed by atoms with E-state index in [2.05, 4.69) is 4.74 Å². The van der Waals surface area contributed by atoms with Crippen LogP contribution in [0, 0.1) is 0 Å². The van der Waals surface area contributed by atoms with Crippen molar-refractivity contribution in [3.63, 3.8) is 0 Å². The molecule has 33 heavy (non-hydrogen) atoms. The molecule has 0 bridgehead atoms. The van der Waals surface area contributed by atoms with Crippen LogP contribution in [0.1, 0.15) is 28.7 Å². The van der Waals surface area contributed by atoms with Crippen molar-refractivity contribution in [1.82, 2.24) is 0 Å². The van der Waals surface area contributed by atoms with Crippen LogP contribution in [0.5, 0.6) is 5.75 Å². The van der Waals surface area contributed by atoms with Gasteiger partial charge in [-0.15, -0.1) is 11.8 Å². The van der Waals surface area contributed by atoms with Gasteiger partial charge in [0.05, 0.1) is 12.7 Å². The van der Waals surface area contributed by atoms with Crippen molar-refractivity contribution in [1.29, 1.82) is 0 Å². The van der Waals surface area contributed by atoms with Crippen molar-refractivity contribution in [3.05, 3.63) is 82.9 Å². The minimum absolute atomic E-state index is 0.0965. The van der Waals surface area contributed by atoms with E-state index in [4.69, 9.17) is 4.74 Å². The molecule has 0 amide bonds. The molecular weight excluding hydrogens is 449 g/mol. The van der Waals surface area contributed by atoms with Crippen molar-refractivity contribution in [2.45, 2.75) is 36.1 Å². The molecule has 3 nitrogen and oxygen atoms in total. The smallest absolute Gasteiger partial charge is 0.416 e. The first kappa shape index (κ1) is 23.2. The van der Waals surface area contributed by atoms with Gasteiger partial charge in [-0.2, -0.15) is 13.2 Å². The van der Waals surface area contributed by atoms with Gasteiger partial charge in [0.1, 0.15) is 5.75 Å². The lowest BCUT2D eigenvalue weighted by atomic mass is 10.0. The Balaban J connectivity index is 1.41. The summed E-state index contributed by atoms with van der Waals surface area (Å²) >= 11 is 1.75. The minimum atomic E-state index is -4.33. The van der Waals surface area contributed by atoms with Crippen LogP contribution in [0.4, 0.5) is 13.2 Å². The number of thioether (sulfide) groups is 1. The predicted molar refractivity (Wildman–Crippen MR) is 122 cm³/mol. The van der Waals surface area contributed by atoms with E-state index in [1.54, 1.807) is 11.8 Å². The fraction of sp³-hybridized carbons (Fsp3) is 0.269. The topological polar surface area (TPSA) is 35.5 Å². The maximum absolute atomic E-state index is 12.8. The van der Waals surface area contributed by atoms with E-state index in [0.29, 0.717) is 0 Å². The summed E-state index contributed by atoms with van der Waals surface area (Å²) in [6, 6.07) is 17.1. The molecule has 172 valence electrons. The van der Waals surface area contributed by atoms with Gasteiger partial charge >= 0.3 is 12.1 Å². The summed E-state index contributed by atoms with van der Waals surface area (Å²) < 4.78 is 48.6. The molecule has 0 spiro atoms. The second-order valence-electron chi connectivity index (χ2n) is 7.80. The molecular formula is C26H23F3O3S. The fourth-order valence-electron chi connectivity index (χ4n) is 3.91. The summed E-state index contributed by atoms with van der Waals surface area (Å²) in [4.78, 5) is 12.6. The van der Waals surface area contributed by atoms with Crippen LogP contribution in [0.2, 0.25) is 0 Å². The Kier molecular flexibility index (Phi) is 6.98. The molecule has 0 atom stereocenters. The quantitative estimate of drug-likeness (QED) is 0.283. The van der Waals surface area contributed by atoms with E-state index in [0.717, 1.165) is 59.6 Å². The standard InChI is InChI=1S/C26H23F3O3S/c1-31-25(30)15-32-23-13-14-24(22-4-2-3-21(22)23)33-16-17-5-7-18(8-6-17)19-9-11-20(12-10-19)26(27,28)29/h5-14H,2-4,15-16H2,1H3. The maximum atomic E-state index is 12.8. The maximum Gasteiger partial charge on any atom is 0.416 e. The van der Waals surface area contributed by atoms with E-state index in [-0.39, 0.29) is 6.61 Å². The molecule has 0 unspecified atom stereocenters. The van der Waals surface area contributed by atoms with Crippen molar-refractivity contribution in [2.24, 2.45) is 0 Å². The Morgan fingerprint density at radius 1 is 0.909 bits per heavy atom. The van der Waals surface area contributed by atoms with Crippen molar-refractivity contribution < 1.29 is 27.4 Å². The molecule has 0 saturated carbocycles. The highest BCUT2D eigenvalue weighted by atomic mass is 32.2. The predicted octanol–water partition coefficient (Wildman–Crippen LogP) is 6.71. The van der Waals surface area contributed by atoms with Crippen LogP contribution in [0.15, 0.2) is 65.6 Å². The van der Waals surface area contributed by atoms with E-state index in [1.165, 1.54) is 35.3 Å². The zero-order valence-electron chi connectivity index (χ0n) is 18.1. The van der Waals surface area contributed by atoms with Gasteiger partial charge in [-0.1, -0.05) is 36.4 Å². The third-order valence-corrected chi connectivity index (χ3v) is 6.84. The number of hydrogen-bond acceptors (Lipinski definition) is 4. The van der Waals surface area contributed by atoms with Gasteiger partial charge in [-0.05, 0) is 71.3 Å². The summed E-state index contributed by atoms with van der Waals surface area (Å²) in [5, 5.41) is 0. The minimum Gasteiger partial charge on any atom is -0.482 e. The molecule has 0 radical (unpaired) electrons. The first-order valence-corrected chi connectivity index (χ1v) is 11.6. The molecule has 1 aliphatic rings.